The van der Waals surface area contributed by atoms with Crippen LogP contribution in [0, 0.1) is 11.2 Å². The van der Waals surface area contributed by atoms with E-state index in [9.17, 15) is 23.6 Å². The summed E-state index contributed by atoms with van der Waals surface area (Å²) in [5.74, 6) is -5.81. The molecule has 13 heteroatoms. The molecule has 2 aromatic rings. The van der Waals surface area contributed by atoms with Crippen molar-refractivity contribution >= 4 is 41.0 Å². The van der Waals surface area contributed by atoms with E-state index in [2.05, 4.69) is 5.32 Å². The number of benzene rings is 1. The van der Waals surface area contributed by atoms with Gasteiger partial charge < -0.3 is 26.0 Å². The molecule has 0 radical (unpaired) electrons. The molecule has 1 aromatic carbocycles. The zero-order chi connectivity index (χ0) is 26.5. The smallest absolute Gasteiger partial charge is 0.353 e. The molecule has 1 heterocycles. The number of hydrogen-bond acceptors (Lipinski definition) is 8. The number of amidine groups is 1. The number of amides is 1. The number of nitrogens with zero attached hydrogens (tertiary/aromatic N) is 1. The van der Waals surface area contributed by atoms with Gasteiger partial charge >= 0.3 is 17.9 Å². The van der Waals surface area contributed by atoms with Crippen LogP contribution < -0.4 is 15.8 Å². The van der Waals surface area contributed by atoms with Gasteiger partial charge in [0.05, 0.1) is 12.0 Å². The average Bonchev–Trinajstić information content (AvgIpc) is 3.22. The van der Waals surface area contributed by atoms with Gasteiger partial charge in [-0.1, -0.05) is 0 Å². The summed E-state index contributed by atoms with van der Waals surface area (Å²) in [6.45, 7) is 3.27. The standard InChI is InChI=1S/C22H25FN4O7S/c1-22(2,21(33)26-14(19(30)31)9-17(28)29)27(3)10-12-5-7-16(35-12)20(32)34-15-6-4-11(18(24)25)8-13(15)23/h4-8,14H,9-10H2,1-3H3,(H3,24,25)(H,26,33)(H,28,29)(H,30,31)/t14-/m0/s1. The number of nitrogens with two attached hydrogens (primary N) is 1. The monoisotopic (exact) mass is 508 g/mol. The summed E-state index contributed by atoms with van der Waals surface area (Å²) in [7, 11) is 1.61. The van der Waals surface area contributed by atoms with E-state index < -0.39 is 47.6 Å². The van der Waals surface area contributed by atoms with E-state index in [1.165, 1.54) is 32.0 Å². The number of esters is 1. The highest BCUT2D eigenvalue weighted by Gasteiger charge is 2.35. The SMILES string of the molecule is CN(Cc1ccc(C(=O)Oc2ccc(C(=N)N)cc2F)s1)C(C)(C)C(=O)N[C@@H](CC(=O)O)C(=O)O. The number of nitrogens with one attached hydrogen (secondary N) is 2. The summed E-state index contributed by atoms with van der Waals surface area (Å²) in [6, 6.07) is 5.06. The molecule has 35 heavy (non-hydrogen) atoms. The third-order valence-electron chi connectivity index (χ3n) is 5.19. The second-order valence-corrected chi connectivity index (χ2v) is 9.26. The third kappa shape index (κ3) is 7.07. The second-order valence-electron chi connectivity index (χ2n) is 8.09. The minimum Gasteiger partial charge on any atom is -0.481 e. The number of thiophene rings is 1. The lowest BCUT2D eigenvalue weighted by Crippen LogP contribution is -2.56. The van der Waals surface area contributed by atoms with Gasteiger partial charge in [-0.2, -0.15) is 0 Å². The Hall–Kier alpha value is -3.84. The fraction of sp³-hybridized carbons (Fsp3) is 0.318. The van der Waals surface area contributed by atoms with E-state index in [-0.39, 0.29) is 28.6 Å². The normalized spacial score (nSPS) is 12.1. The first-order valence-corrected chi connectivity index (χ1v) is 11.0. The van der Waals surface area contributed by atoms with Gasteiger partial charge in [-0.15, -0.1) is 11.3 Å². The van der Waals surface area contributed by atoms with Gasteiger partial charge in [0, 0.05) is 17.0 Å². The van der Waals surface area contributed by atoms with Crippen LogP contribution in [0.1, 0.15) is 40.4 Å². The van der Waals surface area contributed by atoms with Crippen LogP contribution in [0.25, 0.3) is 0 Å². The number of nitrogen functional groups attached to an aromatic ring is 1. The number of halogens is 1. The average molecular weight is 509 g/mol. The molecule has 0 unspecified atom stereocenters. The molecule has 11 nitrogen and oxygen atoms in total. The predicted molar refractivity (Wildman–Crippen MR) is 124 cm³/mol. The molecule has 1 atom stereocenters. The number of ether oxygens (including phenoxy) is 1. The van der Waals surface area contributed by atoms with E-state index in [1.807, 2.05) is 0 Å². The zero-order valence-electron chi connectivity index (χ0n) is 19.1. The topological polar surface area (TPSA) is 183 Å². The highest BCUT2D eigenvalue weighted by atomic mass is 32.1. The fourth-order valence-electron chi connectivity index (χ4n) is 2.79. The van der Waals surface area contributed by atoms with Gasteiger partial charge in [0.15, 0.2) is 11.6 Å². The number of hydrogen-bond donors (Lipinski definition) is 5. The van der Waals surface area contributed by atoms with Gasteiger partial charge in [0.2, 0.25) is 5.91 Å². The molecule has 0 aliphatic heterocycles. The molecule has 0 aliphatic rings. The van der Waals surface area contributed by atoms with Crippen molar-refractivity contribution in [2.24, 2.45) is 5.73 Å². The van der Waals surface area contributed by atoms with Gasteiger partial charge in [0.25, 0.3) is 0 Å². The molecular formula is C22H25FN4O7S. The van der Waals surface area contributed by atoms with Crippen LogP contribution in [0.3, 0.4) is 0 Å². The molecule has 0 fully saturated rings. The number of likely N-dealkylation sites (N-methyl/N-ethyl adjacent to an activating group) is 1. The number of aliphatic carboxylic acids is 2. The van der Waals surface area contributed by atoms with Gasteiger partial charge in [-0.3, -0.25) is 19.9 Å². The molecule has 0 bridgehead atoms. The first-order chi connectivity index (χ1) is 16.2. The maximum Gasteiger partial charge on any atom is 0.353 e. The molecule has 1 amide bonds. The molecule has 1 aromatic heterocycles. The Labute approximate surface area is 203 Å². The second kappa shape index (κ2) is 11.1. The maximum atomic E-state index is 14.1. The van der Waals surface area contributed by atoms with Crippen molar-refractivity contribution in [2.75, 3.05) is 7.05 Å². The van der Waals surface area contributed by atoms with Gasteiger partial charge in [-0.05, 0) is 51.2 Å². The van der Waals surface area contributed by atoms with Crippen LogP contribution in [-0.2, 0) is 20.9 Å². The quantitative estimate of drug-likeness (QED) is 0.130. The Kier molecular flexibility index (Phi) is 8.66. The fourth-order valence-corrected chi connectivity index (χ4v) is 3.73. The van der Waals surface area contributed by atoms with E-state index in [4.69, 9.17) is 26.1 Å². The number of carbonyl (C=O) groups is 4. The summed E-state index contributed by atoms with van der Waals surface area (Å²) in [5.41, 5.74) is 4.23. The summed E-state index contributed by atoms with van der Waals surface area (Å²) in [5, 5.41) is 27.5. The lowest BCUT2D eigenvalue weighted by atomic mass is 10.0. The van der Waals surface area contributed by atoms with E-state index in [0.29, 0.717) is 4.88 Å². The largest absolute Gasteiger partial charge is 0.481 e. The lowest BCUT2D eigenvalue weighted by molar-refractivity contribution is -0.148. The Morgan fingerprint density at radius 2 is 1.89 bits per heavy atom. The summed E-state index contributed by atoms with van der Waals surface area (Å²) >= 11 is 1.06. The van der Waals surface area contributed by atoms with Gasteiger partial charge in [0.1, 0.15) is 16.8 Å². The van der Waals surface area contributed by atoms with Crippen LogP contribution >= 0.6 is 11.3 Å². The third-order valence-corrected chi connectivity index (χ3v) is 6.24. The number of carboxylic acids is 2. The van der Waals surface area contributed by atoms with E-state index in [1.54, 1.807) is 18.0 Å². The minimum absolute atomic E-state index is 0.146. The van der Waals surface area contributed by atoms with Crippen LogP contribution in [0.5, 0.6) is 5.75 Å². The Bertz CT molecular complexity index is 1160. The number of carbonyl (C=O) groups excluding carboxylic acids is 2. The lowest BCUT2D eigenvalue weighted by Gasteiger charge is -2.34. The van der Waals surface area contributed by atoms with E-state index >= 15 is 0 Å². The predicted octanol–water partition coefficient (Wildman–Crippen LogP) is 1.64. The highest BCUT2D eigenvalue weighted by Crippen LogP contribution is 2.25. The summed E-state index contributed by atoms with van der Waals surface area (Å²) in [4.78, 5) is 49.7. The number of rotatable bonds is 11. The van der Waals surface area contributed by atoms with Crippen molar-refractivity contribution in [2.45, 2.75) is 38.4 Å². The molecular weight excluding hydrogens is 483 g/mol. The molecule has 188 valence electrons. The minimum atomic E-state index is -1.58. The molecule has 2 rings (SSSR count). The van der Waals surface area contributed by atoms with Crippen molar-refractivity contribution < 1.29 is 38.5 Å². The molecule has 0 saturated heterocycles. The van der Waals surface area contributed by atoms with Crippen molar-refractivity contribution in [1.29, 1.82) is 5.41 Å². The van der Waals surface area contributed by atoms with Gasteiger partial charge in [-0.25, -0.2) is 14.0 Å². The van der Waals surface area contributed by atoms with Crippen LogP contribution in [-0.4, -0.2) is 63.4 Å². The molecule has 0 spiro atoms. The van der Waals surface area contributed by atoms with Crippen molar-refractivity contribution in [3.63, 3.8) is 0 Å². The van der Waals surface area contributed by atoms with E-state index in [0.717, 1.165) is 17.4 Å². The highest BCUT2D eigenvalue weighted by molar-refractivity contribution is 7.13. The molecule has 0 aliphatic carbocycles. The zero-order valence-corrected chi connectivity index (χ0v) is 19.9. The first kappa shape index (κ1) is 27.4. The Morgan fingerprint density at radius 3 is 2.43 bits per heavy atom. The van der Waals surface area contributed by atoms with Crippen LogP contribution in [0.4, 0.5) is 4.39 Å². The van der Waals surface area contributed by atoms with Crippen molar-refractivity contribution in [3.8, 4) is 5.75 Å². The Morgan fingerprint density at radius 1 is 1.23 bits per heavy atom. The summed E-state index contributed by atoms with van der Waals surface area (Å²) < 4.78 is 19.2. The Balaban J connectivity index is 2.06. The maximum absolute atomic E-state index is 14.1. The van der Waals surface area contributed by atoms with Crippen LogP contribution in [0.15, 0.2) is 30.3 Å². The summed E-state index contributed by atoms with van der Waals surface area (Å²) in [6.07, 6.45) is -0.769. The molecule has 0 saturated carbocycles. The van der Waals surface area contributed by atoms with Crippen molar-refractivity contribution in [3.05, 3.63) is 51.5 Å². The van der Waals surface area contributed by atoms with Crippen LogP contribution in [0.2, 0.25) is 0 Å². The molecule has 6 N–H and O–H groups in total. The first-order valence-electron chi connectivity index (χ1n) is 10.1. The van der Waals surface area contributed by atoms with Crippen molar-refractivity contribution in [1.82, 2.24) is 10.2 Å². The number of carboxylic acid groups (broad SMARTS) is 2.